The van der Waals surface area contributed by atoms with Crippen molar-refractivity contribution in [1.29, 1.82) is 0 Å². The van der Waals surface area contributed by atoms with Crippen LogP contribution >= 0.6 is 0 Å². The lowest BCUT2D eigenvalue weighted by Gasteiger charge is -2.40. The second-order valence-electron chi connectivity index (χ2n) is 5.00. The molecular weight excluding hydrogens is 204 g/mol. The van der Waals surface area contributed by atoms with Gasteiger partial charge in [0, 0.05) is 24.9 Å². The van der Waals surface area contributed by atoms with Crippen molar-refractivity contribution in [1.82, 2.24) is 0 Å². The second-order valence-corrected chi connectivity index (χ2v) is 5.00. The molecule has 4 atom stereocenters. The van der Waals surface area contributed by atoms with Crippen LogP contribution < -0.4 is 0 Å². The maximum absolute atomic E-state index is 11.9. The molecule has 0 aliphatic heterocycles. The molecule has 88 valence electrons. The fraction of sp³-hybridized carbons (Fsp3) is 0.692. The van der Waals surface area contributed by atoms with E-state index in [1.54, 1.807) is 7.11 Å². The first kappa shape index (κ1) is 11.5. The fourth-order valence-corrected chi connectivity index (χ4v) is 3.47. The van der Waals surface area contributed by atoms with Crippen LogP contribution in [0.4, 0.5) is 0 Å². The minimum absolute atomic E-state index is 0.0196. The van der Waals surface area contributed by atoms with Gasteiger partial charge < -0.3 is 9.53 Å². The highest BCUT2D eigenvalue weighted by Crippen LogP contribution is 2.50. The molecule has 0 radical (unpaired) electrons. The van der Waals surface area contributed by atoms with Gasteiger partial charge in [0.1, 0.15) is 6.29 Å². The number of hydrogen-bond donors (Lipinski definition) is 0. The van der Waals surface area contributed by atoms with Crippen molar-refractivity contribution >= 4 is 12.1 Å². The minimum Gasteiger partial charge on any atom is -0.374 e. The Morgan fingerprint density at radius 3 is 2.81 bits per heavy atom. The van der Waals surface area contributed by atoms with E-state index in [1.807, 2.05) is 19.9 Å². The molecule has 0 N–H and O–H groups in total. The van der Waals surface area contributed by atoms with E-state index in [4.69, 9.17) is 4.74 Å². The molecule has 0 aromatic carbocycles. The second kappa shape index (κ2) is 3.81. The van der Waals surface area contributed by atoms with Crippen LogP contribution in [0.5, 0.6) is 0 Å². The predicted molar refractivity (Wildman–Crippen MR) is 59.9 cm³/mol. The van der Waals surface area contributed by atoms with E-state index in [1.165, 1.54) is 0 Å². The number of hydrogen-bond acceptors (Lipinski definition) is 3. The Balaban J connectivity index is 2.47. The molecule has 1 unspecified atom stereocenters. The van der Waals surface area contributed by atoms with Gasteiger partial charge >= 0.3 is 0 Å². The molecule has 0 amide bonds. The molecule has 3 heteroatoms. The zero-order valence-corrected chi connectivity index (χ0v) is 10.0. The molecule has 0 bridgehead atoms. The summed E-state index contributed by atoms with van der Waals surface area (Å²) in [7, 11) is 1.67. The summed E-state index contributed by atoms with van der Waals surface area (Å²) in [6.45, 7) is 3.75. The lowest BCUT2D eigenvalue weighted by molar-refractivity contribution is -0.129. The average molecular weight is 222 g/mol. The molecule has 2 rings (SSSR count). The predicted octanol–water partition coefficient (Wildman–Crippen LogP) is 1.76. The van der Waals surface area contributed by atoms with Crippen molar-refractivity contribution in [2.45, 2.75) is 32.3 Å². The van der Waals surface area contributed by atoms with Gasteiger partial charge in [-0.15, -0.1) is 0 Å². The number of Topliss-reactive ketones (excluding diaryl/α,β-unsaturated/α-hetero) is 1. The van der Waals surface area contributed by atoms with E-state index in [0.717, 1.165) is 24.7 Å². The SMILES string of the molecule is CO[C@]12C=C(C)C(=O)C(C)[C@H]1[C@H](C=O)CC2. The van der Waals surface area contributed by atoms with Crippen LogP contribution in [0.2, 0.25) is 0 Å². The molecule has 3 nitrogen and oxygen atoms in total. The van der Waals surface area contributed by atoms with Gasteiger partial charge in [-0.3, -0.25) is 4.79 Å². The van der Waals surface area contributed by atoms with Gasteiger partial charge in [-0.25, -0.2) is 0 Å². The lowest BCUT2D eigenvalue weighted by Crippen LogP contribution is -2.46. The molecule has 0 aromatic rings. The Morgan fingerprint density at radius 2 is 2.25 bits per heavy atom. The summed E-state index contributed by atoms with van der Waals surface area (Å²) in [6.07, 6.45) is 4.59. The maximum Gasteiger partial charge on any atom is 0.161 e. The summed E-state index contributed by atoms with van der Waals surface area (Å²) in [5, 5.41) is 0. The average Bonchev–Trinajstić information content (AvgIpc) is 2.65. The number of ether oxygens (including phenoxy) is 1. The summed E-state index contributed by atoms with van der Waals surface area (Å²) in [5.74, 6) is 0.0310. The van der Waals surface area contributed by atoms with Gasteiger partial charge in [-0.1, -0.05) is 6.92 Å². The minimum atomic E-state index is -0.386. The van der Waals surface area contributed by atoms with E-state index in [2.05, 4.69) is 0 Å². The highest BCUT2D eigenvalue weighted by Gasteiger charge is 2.54. The van der Waals surface area contributed by atoms with Crippen molar-refractivity contribution in [2.24, 2.45) is 17.8 Å². The van der Waals surface area contributed by atoms with Crippen LogP contribution in [0.15, 0.2) is 11.6 Å². The summed E-state index contributed by atoms with van der Waals surface area (Å²) in [4.78, 5) is 23.0. The third-order valence-electron chi connectivity index (χ3n) is 4.25. The molecule has 0 aromatic heterocycles. The van der Waals surface area contributed by atoms with E-state index in [-0.39, 0.29) is 29.1 Å². The molecule has 2 aliphatic carbocycles. The standard InChI is InChI=1S/C13H18O3/c1-8-6-13(16-3)5-4-10(7-14)11(13)9(2)12(8)15/h6-7,9-11H,4-5H2,1-3H3/t9?,10-,11-,13+/m0/s1. The van der Waals surface area contributed by atoms with Crippen LogP contribution in [0.1, 0.15) is 26.7 Å². The van der Waals surface area contributed by atoms with Gasteiger partial charge in [-0.2, -0.15) is 0 Å². The van der Waals surface area contributed by atoms with Crippen molar-refractivity contribution in [2.75, 3.05) is 7.11 Å². The highest BCUT2D eigenvalue weighted by atomic mass is 16.5. The smallest absolute Gasteiger partial charge is 0.161 e. The molecule has 2 aliphatic rings. The van der Waals surface area contributed by atoms with Crippen molar-refractivity contribution in [3.05, 3.63) is 11.6 Å². The van der Waals surface area contributed by atoms with Gasteiger partial charge in [0.2, 0.25) is 0 Å². The summed E-state index contributed by atoms with van der Waals surface area (Å²) >= 11 is 0. The number of methoxy groups -OCH3 is 1. The van der Waals surface area contributed by atoms with Crippen LogP contribution in [0.25, 0.3) is 0 Å². The number of rotatable bonds is 2. The third-order valence-corrected chi connectivity index (χ3v) is 4.25. The van der Waals surface area contributed by atoms with Crippen molar-refractivity contribution in [3.8, 4) is 0 Å². The summed E-state index contributed by atoms with van der Waals surface area (Å²) < 4.78 is 5.64. The fourth-order valence-electron chi connectivity index (χ4n) is 3.47. The quantitative estimate of drug-likeness (QED) is 0.669. The van der Waals surface area contributed by atoms with Gasteiger partial charge in [0.15, 0.2) is 5.78 Å². The number of fused-ring (bicyclic) bond motifs is 1. The van der Waals surface area contributed by atoms with Crippen LogP contribution in [-0.2, 0) is 14.3 Å². The molecule has 1 fully saturated rings. The number of aldehydes is 1. The third kappa shape index (κ3) is 1.38. The summed E-state index contributed by atoms with van der Waals surface area (Å²) in [6, 6.07) is 0. The topological polar surface area (TPSA) is 43.4 Å². The van der Waals surface area contributed by atoms with Gasteiger partial charge in [-0.05, 0) is 31.4 Å². The van der Waals surface area contributed by atoms with E-state index < -0.39 is 0 Å². The number of carbonyl (C=O) groups excluding carboxylic acids is 2. The Hall–Kier alpha value is -0.960. The highest BCUT2D eigenvalue weighted by molar-refractivity contribution is 5.98. The summed E-state index contributed by atoms with van der Waals surface area (Å²) in [5.41, 5.74) is 0.389. The first-order chi connectivity index (χ1) is 7.55. The zero-order valence-electron chi connectivity index (χ0n) is 10.0. The van der Waals surface area contributed by atoms with Gasteiger partial charge in [0.05, 0.1) is 5.60 Å². The molecule has 0 saturated heterocycles. The number of allylic oxidation sites excluding steroid dienone is 1. The van der Waals surface area contributed by atoms with Crippen LogP contribution in [0.3, 0.4) is 0 Å². The number of carbonyl (C=O) groups is 2. The van der Waals surface area contributed by atoms with E-state index in [9.17, 15) is 9.59 Å². The monoisotopic (exact) mass is 222 g/mol. The molecule has 1 saturated carbocycles. The van der Waals surface area contributed by atoms with Crippen LogP contribution in [0, 0.1) is 17.8 Å². The van der Waals surface area contributed by atoms with E-state index in [0.29, 0.717) is 0 Å². The Bertz CT molecular complexity index is 358. The molecule has 0 spiro atoms. The first-order valence-corrected chi connectivity index (χ1v) is 5.80. The van der Waals surface area contributed by atoms with Crippen molar-refractivity contribution < 1.29 is 14.3 Å². The van der Waals surface area contributed by atoms with E-state index >= 15 is 0 Å². The first-order valence-electron chi connectivity index (χ1n) is 5.80. The van der Waals surface area contributed by atoms with Crippen LogP contribution in [-0.4, -0.2) is 24.8 Å². The van der Waals surface area contributed by atoms with Crippen molar-refractivity contribution in [3.63, 3.8) is 0 Å². The zero-order chi connectivity index (χ0) is 11.9. The lowest BCUT2D eigenvalue weighted by atomic mass is 9.69. The normalized spacial score (nSPS) is 42.8. The molecular formula is C13H18O3. The number of ketones is 1. The Kier molecular flexibility index (Phi) is 2.74. The molecule has 16 heavy (non-hydrogen) atoms. The largest absolute Gasteiger partial charge is 0.374 e. The molecule has 0 heterocycles. The maximum atomic E-state index is 11.9. The Labute approximate surface area is 95.9 Å². The van der Waals surface area contributed by atoms with Gasteiger partial charge in [0.25, 0.3) is 0 Å². The Morgan fingerprint density at radius 1 is 1.56 bits per heavy atom.